The summed E-state index contributed by atoms with van der Waals surface area (Å²) >= 11 is 6.86. The molecule has 0 saturated carbocycles. The van der Waals surface area contributed by atoms with Gasteiger partial charge in [0.1, 0.15) is 0 Å². The molecule has 1 N–H and O–H groups in total. The highest BCUT2D eigenvalue weighted by Gasteiger charge is 2.15. The van der Waals surface area contributed by atoms with Gasteiger partial charge >= 0.3 is 0 Å². The summed E-state index contributed by atoms with van der Waals surface area (Å²) in [5.74, 6) is 0. The van der Waals surface area contributed by atoms with E-state index in [1.54, 1.807) is 11.8 Å². The Morgan fingerprint density at radius 3 is 3.00 bits per heavy atom. The number of hydrogen-bond donors (Lipinski definition) is 1. The standard InChI is InChI=1S/C8H15N3S2/c1-9-7(12)11-6-4-3-5-10-8(11)13-2/h3-6H2,1-2H3,(H,9,12). The van der Waals surface area contributed by atoms with E-state index in [1.165, 1.54) is 0 Å². The number of amidine groups is 1. The van der Waals surface area contributed by atoms with Crippen LogP contribution in [-0.2, 0) is 0 Å². The number of thioether (sulfide) groups is 1. The zero-order valence-electron chi connectivity index (χ0n) is 8.04. The van der Waals surface area contributed by atoms with Gasteiger partial charge in [-0.05, 0) is 31.3 Å². The molecule has 1 aliphatic heterocycles. The van der Waals surface area contributed by atoms with E-state index in [2.05, 4.69) is 15.2 Å². The maximum atomic E-state index is 5.20. The fourth-order valence-electron chi connectivity index (χ4n) is 1.24. The van der Waals surface area contributed by atoms with Crippen LogP contribution in [0.2, 0.25) is 0 Å². The van der Waals surface area contributed by atoms with Crippen LogP contribution >= 0.6 is 24.0 Å². The lowest BCUT2D eigenvalue weighted by molar-refractivity contribution is 0.583. The quantitative estimate of drug-likeness (QED) is 0.619. The minimum atomic E-state index is 0.773. The average molecular weight is 217 g/mol. The summed E-state index contributed by atoms with van der Waals surface area (Å²) in [5, 5.41) is 4.80. The predicted octanol–water partition coefficient (Wildman–Crippen LogP) is 1.31. The van der Waals surface area contributed by atoms with E-state index in [9.17, 15) is 0 Å². The SMILES string of the molecule is CNC(=S)N1CCCCN=C1SC. The second-order valence-corrected chi connectivity index (χ2v) is 3.94. The van der Waals surface area contributed by atoms with E-state index in [0.717, 1.165) is 36.2 Å². The molecule has 3 nitrogen and oxygen atoms in total. The van der Waals surface area contributed by atoms with Crippen LogP contribution in [0.1, 0.15) is 12.8 Å². The van der Waals surface area contributed by atoms with Crippen LogP contribution in [0.3, 0.4) is 0 Å². The van der Waals surface area contributed by atoms with Gasteiger partial charge in [-0.1, -0.05) is 11.8 Å². The van der Waals surface area contributed by atoms with E-state index in [1.807, 2.05) is 13.3 Å². The molecule has 13 heavy (non-hydrogen) atoms. The molecule has 1 heterocycles. The number of aliphatic imine (C=N–C) groups is 1. The molecule has 0 amide bonds. The first kappa shape index (κ1) is 10.8. The van der Waals surface area contributed by atoms with E-state index in [0.29, 0.717) is 0 Å². The minimum absolute atomic E-state index is 0.773. The van der Waals surface area contributed by atoms with Crippen LogP contribution < -0.4 is 5.32 Å². The zero-order valence-corrected chi connectivity index (χ0v) is 9.67. The number of hydrogen-bond acceptors (Lipinski definition) is 3. The number of rotatable bonds is 0. The van der Waals surface area contributed by atoms with Crippen molar-refractivity contribution >= 4 is 34.3 Å². The first-order valence-electron chi connectivity index (χ1n) is 4.37. The molecular formula is C8H15N3S2. The molecule has 0 aromatic rings. The average Bonchev–Trinajstić information content (AvgIpc) is 2.41. The topological polar surface area (TPSA) is 27.6 Å². The Hall–Kier alpha value is -0.290. The maximum Gasteiger partial charge on any atom is 0.174 e. The molecule has 0 spiro atoms. The first-order valence-corrected chi connectivity index (χ1v) is 6.00. The lowest BCUT2D eigenvalue weighted by Gasteiger charge is -2.23. The Labute approximate surface area is 89.0 Å². The fraction of sp³-hybridized carbons (Fsp3) is 0.750. The molecule has 1 aliphatic rings. The van der Waals surface area contributed by atoms with Crippen LogP contribution in [0.4, 0.5) is 0 Å². The third kappa shape index (κ3) is 2.84. The summed E-state index contributed by atoms with van der Waals surface area (Å²) in [6.45, 7) is 1.92. The van der Waals surface area contributed by atoms with Gasteiger partial charge in [-0.2, -0.15) is 0 Å². The molecule has 1 rings (SSSR count). The lowest BCUT2D eigenvalue weighted by atomic mass is 10.3. The summed E-state index contributed by atoms with van der Waals surface area (Å²) in [4.78, 5) is 6.55. The monoisotopic (exact) mass is 217 g/mol. The van der Waals surface area contributed by atoms with Crippen LogP contribution in [0.5, 0.6) is 0 Å². The second kappa shape index (κ2) is 5.44. The third-order valence-electron chi connectivity index (χ3n) is 1.91. The molecule has 0 aliphatic carbocycles. The van der Waals surface area contributed by atoms with Gasteiger partial charge < -0.3 is 5.32 Å². The van der Waals surface area contributed by atoms with Gasteiger partial charge in [0.15, 0.2) is 10.3 Å². The van der Waals surface area contributed by atoms with Crippen LogP contribution in [0, 0.1) is 0 Å². The van der Waals surface area contributed by atoms with E-state index >= 15 is 0 Å². The van der Waals surface area contributed by atoms with Gasteiger partial charge in [-0.15, -0.1) is 0 Å². The smallest absolute Gasteiger partial charge is 0.174 e. The maximum absolute atomic E-state index is 5.20. The van der Waals surface area contributed by atoms with E-state index < -0.39 is 0 Å². The van der Waals surface area contributed by atoms with Crippen molar-refractivity contribution in [3.8, 4) is 0 Å². The first-order chi connectivity index (χ1) is 6.29. The fourth-order valence-corrected chi connectivity index (χ4v) is 2.09. The molecule has 0 unspecified atom stereocenters. The number of thiocarbonyl (C=S) groups is 1. The summed E-state index contributed by atoms with van der Waals surface area (Å²) in [5.41, 5.74) is 0. The van der Waals surface area contributed by atoms with Crippen LogP contribution in [-0.4, -0.2) is 41.6 Å². The highest BCUT2D eigenvalue weighted by molar-refractivity contribution is 8.13. The van der Waals surface area contributed by atoms with Gasteiger partial charge in [-0.25, -0.2) is 0 Å². The molecule has 0 aromatic heterocycles. The Bertz CT molecular complexity index is 215. The molecule has 0 radical (unpaired) electrons. The minimum Gasteiger partial charge on any atom is -0.365 e. The summed E-state index contributed by atoms with van der Waals surface area (Å²) in [7, 11) is 1.85. The molecule has 0 bridgehead atoms. The van der Waals surface area contributed by atoms with Crippen molar-refractivity contribution in [2.75, 3.05) is 26.4 Å². The van der Waals surface area contributed by atoms with Crippen LogP contribution in [0.25, 0.3) is 0 Å². The van der Waals surface area contributed by atoms with Crippen molar-refractivity contribution in [3.63, 3.8) is 0 Å². The van der Waals surface area contributed by atoms with Crippen molar-refractivity contribution in [1.82, 2.24) is 10.2 Å². The van der Waals surface area contributed by atoms with Crippen molar-refractivity contribution in [2.24, 2.45) is 4.99 Å². The molecule has 74 valence electrons. The highest BCUT2D eigenvalue weighted by atomic mass is 32.2. The molecule has 0 fully saturated rings. The number of nitrogens with zero attached hydrogens (tertiary/aromatic N) is 2. The summed E-state index contributed by atoms with van der Waals surface area (Å²) < 4.78 is 0. The van der Waals surface area contributed by atoms with Gasteiger partial charge in [0.2, 0.25) is 0 Å². The molecule has 0 atom stereocenters. The van der Waals surface area contributed by atoms with E-state index in [-0.39, 0.29) is 0 Å². The third-order valence-corrected chi connectivity index (χ3v) is 3.05. The zero-order chi connectivity index (χ0) is 9.68. The number of nitrogens with one attached hydrogen (secondary N) is 1. The molecule has 5 heteroatoms. The van der Waals surface area contributed by atoms with Gasteiger partial charge in [0.05, 0.1) is 0 Å². The normalized spacial score (nSPS) is 17.7. The lowest BCUT2D eigenvalue weighted by Crippen LogP contribution is -2.40. The van der Waals surface area contributed by atoms with Gasteiger partial charge in [0.25, 0.3) is 0 Å². The Morgan fingerprint density at radius 1 is 1.62 bits per heavy atom. The highest BCUT2D eigenvalue weighted by Crippen LogP contribution is 2.11. The van der Waals surface area contributed by atoms with Gasteiger partial charge in [0, 0.05) is 20.1 Å². The molecular weight excluding hydrogens is 202 g/mol. The van der Waals surface area contributed by atoms with Crippen LogP contribution in [0.15, 0.2) is 4.99 Å². The van der Waals surface area contributed by atoms with Crippen molar-refractivity contribution < 1.29 is 0 Å². The Kier molecular flexibility index (Phi) is 4.52. The molecule has 0 saturated heterocycles. The molecule has 0 aromatic carbocycles. The Morgan fingerprint density at radius 2 is 2.38 bits per heavy atom. The van der Waals surface area contributed by atoms with Crippen molar-refractivity contribution in [3.05, 3.63) is 0 Å². The van der Waals surface area contributed by atoms with Crippen molar-refractivity contribution in [2.45, 2.75) is 12.8 Å². The second-order valence-electron chi connectivity index (χ2n) is 2.78. The summed E-state index contributed by atoms with van der Waals surface area (Å²) in [6.07, 6.45) is 4.36. The van der Waals surface area contributed by atoms with Crippen molar-refractivity contribution in [1.29, 1.82) is 0 Å². The van der Waals surface area contributed by atoms with E-state index in [4.69, 9.17) is 12.2 Å². The Balaban J connectivity index is 2.71. The predicted molar refractivity (Wildman–Crippen MR) is 63.4 cm³/mol. The largest absolute Gasteiger partial charge is 0.365 e. The van der Waals surface area contributed by atoms with Gasteiger partial charge in [-0.3, -0.25) is 9.89 Å². The summed E-state index contributed by atoms with van der Waals surface area (Å²) in [6, 6.07) is 0.